The van der Waals surface area contributed by atoms with E-state index in [0.717, 1.165) is 19.3 Å². The zero-order chi connectivity index (χ0) is 10.1. The zero-order valence-corrected chi connectivity index (χ0v) is 8.72. The molecule has 1 fully saturated rings. The van der Waals surface area contributed by atoms with Crippen molar-refractivity contribution in [3.63, 3.8) is 0 Å². The van der Waals surface area contributed by atoms with Crippen LogP contribution < -0.4 is 0 Å². The largest absolute Gasteiger partial charge is 0.454 e. The van der Waals surface area contributed by atoms with Crippen LogP contribution >= 0.6 is 0 Å². The molecule has 0 bridgehead atoms. The number of carbonyl (C=O) groups excluding carboxylic acids is 1. The zero-order valence-electron chi connectivity index (χ0n) is 8.72. The van der Waals surface area contributed by atoms with Gasteiger partial charge < -0.3 is 4.74 Å². The number of carbonyl (C=O) groups is 1. The van der Waals surface area contributed by atoms with Gasteiger partial charge in [-0.3, -0.25) is 4.79 Å². The summed E-state index contributed by atoms with van der Waals surface area (Å²) in [4.78, 5) is 11.6. The van der Waals surface area contributed by atoms with Gasteiger partial charge in [-0.25, -0.2) is 0 Å². The van der Waals surface area contributed by atoms with Gasteiger partial charge in [0.25, 0.3) is 0 Å². The predicted molar refractivity (Wildman–Crippen MR) is 52.3 cm³/mol. The minimum atomic E-state index is -0.362. The van der Waals surface area contributed by atoms with Crippen LogP contribution in [0.3, 0.4) is 0 Å². The highest BCUT2D eigenvalue weighted by Gasteiger charge is 2.46. The fourth-order valence-electron chi connectivity index (χ4n) is 0.938. The first-order valence-electron chi connectivity index (χ1n) is 4.83. The van der Waals surface area contributed by atoms with Crippen molar-refractivity contribution in [1.82, 2.24) is 0 Å². The SMILES string of the molecule is C=CC1(OC(=O)C(C)(C)CC)CC1. The van der Waals surface area contributed by atoms with Crippen LogP contribution in [0.5, 0.6) is 0 Å². The maximum absolute atomic E-state index is 11.6. The first kappa shape index (κ1) is 10.3. The second-order valence-electron chi connectivity index (χ2n) is 4.40. The van der Waals surface area contributed by atoms with E-state index in [1.807, 2.05) is 20.8 Å². The lowest BCUT2D eigenvalue weighted by Gasteiger charge is -2.23. The van der Waals surface area contributed by atoms with E-state index in [-0.39, 0.29) is 17.0 Å². The summed E-state index contributed by atoms with van der Waals surface area (Å²) in [6.07, 6.45) is 4.42. The molecule has 0 spiro atoms. The molecule has 0 radical (unpaired) electrons. The fraction of sp³-hybridized carbons (Fsp3) is 0.727. The van der Waals surface area contributed by atoms with E-state index in [9.17, 15) is 4.79 Å². The monoisotopic (exact) mass is 182 g/mol. The van der Waals surface area contributed by atoms with Gasteiger partial charge in [-0.1, -0.05) is 13.5 Å². The number of esters is 1. The normalized spacial score (nSPS) is 19.3. The van der Waals surface area contributed by atoms with Gasteiger partial charge in [-0.05, 0) is 39.2 Å². The molecule has 0 aromatic heterocycles. The molecule has 0 heterocycles. The van der Waals surface area contributed by atoms with Gasteiger partial charge in [0.05, 0.1) is 5.41 Å². The van der Waals surface area contributed by atoms with E-state index in [1.54, 1.807) is 6.08 Å². The first-order chi connectivity index (χ1) is 5.96. The predicted octanol–water partition coefficient (Wildman–Crippen LogP) is 2.68. The van der Waals surface area contributed by atoms with Gasteiger partial charge in [0, 0.05) is 0 Å². The topological polar surface area (TPSA) is 26.3 Å². The Bertz CT molecular complexity index is 224. The molecule has 13 heavy (non-hydrogen) atoms. The molecule has 1 aliphatic rings. The van der Waals surface area contributed by atoms with Crippen molar-refractivity contribution in [2.75, 3.05) is 0 Å². The lowest BCUT2D eigenvalue weighted by Crippen LogP contribution is -2.30. The van der Waals surface area contributed by atoms with E-state index < -0.39 is 0 Å². The molecule has 2 heteroatoms. The molecule has 0 aromatic carbocycles. The summed E-state index contributed by atoms with van der Waals surface area (Å²) in [6, 6.07) is 0. The van der Waals surface area contributed by atoms with Gasteiger partial charge in [0.15, 0.2) is 0 Å². The number of ether oxygens (including phenoxy) is 1. The molecule has 0 atom stereocenters. The van der Waals surface area contributed by atoms with Crippen molar-refractivity contribution in [2.45, 2.75) is 45.6 Å². The van der Waals surface area contributed by atoms with E-state index in [2.05, 4.69) is 6.58 Å². The Morgan fingerprint density at radius 1 is 1.62 bits per heavy atom. The Morgan fingerprint density at radius 3 is 2.46 bits per heavy atom. The third-order valence-electron chi connectivity index (χ3n) is 2.85. The third kappa shape index (κ3) is 2.11. The lowest BCUT2D eigenvalue weighted by molar-refractivity contribution is -0.159. The quantitative estimate of drug-likeness (QED) is 0.493. The minimum absolute atomic E-state index is 0.104. The van der Waals surface area contributed by atoms with Crippen LogP contribution in [0.25, 0.3) is 0 Å². The van der Waals surface area contributed by atoms with Crippen molar-refractivity contribution in [3.05, 3.63) is 12.7 Å². The van der Waals surface area contributed by atoms with Crippen molar-refractivity contribution in [3.8, 4) is 0 Å². The van der Waals surface area contributed by atoms with Crippen LogP contribution in [0.4, 0.5) is 0 Å². The van der Waals surface area contributed by atoms with Crippen LogP contribution in [-0.4, -0.2) is 11.6 Å². The van der Waals surface area contributed by atoms with Gasteiger partial charge in [-0.2, -0.15) is 0 Å². The molecule has 0 saturated heterocycles. The van der Waals surface area contributed by atoms with E-state index in [4.69, 9.17) is 4.74 Å². The summed E-state index contributed by atoms with van der Waals surface area (Å²) >= 11 is 0. The molecule has 1 rings (SSSR count). The number of hydrogen-bond acceptors (Lipinski definition) is 2. The van der Waals surface area contributed by atoms with Crippen molar-refractivity contribution >= 4 is 5.97 Å². The Balaban J connectivity index is 2.55. The average Bonchev–Trinajstić information content (AvgIpc) is 2.85. The highest BCUT2D eigenvalue weighted by Crippen LogP contribution is 2.42. The highest BCUT2D eigenvalue weighted by atomic mass is 16.6. The highest BCUT2D eigenvalue weighted by molar-refractivity contribution is 5.76. The molecule has 0 aromatic rings. The molecule has 1 aliphatic carbocycles. The van der Waals surface area contributed by atoms with Gasteiger partial charge in [0.2, 0.25) is 0 Å². The molecule has 0 amide bonds. The molecule has 0 unspecified atom stereocenters. The Kier molecular flexibility index (Phi) is 2.51. The lowest BCUT2D eigenvalue weighted by atomic mass is 9.90. The molecule has 0 N–H and O–H groups in total. The summed E-state index contributed by atoms with van der Waals surface area (Å²) in [6.45, 7) is 9.50. The van der Waals surface area contributed by atoms with E-state index in [0.29, 0.717) is 0 Å². The fourth-order valence-corrected chi connectivity index (χ4v) is 0.938. The van der Waals surface area contributed by atoms with Gasteiger partial charge >= 0.3 is 5.97 Å². The van der Waals surface area contributed by atoms with E-state index in [1.165, 1.54) is 0 Å². The summed E-state index contributed by atoms with van der Waals surface area (Å²) < 4.78 is 5.40. The van der Waals surface area contributed by atoms with Crippen LogP contribution in [0.2, 0.25) is 0 Å². The van der Waals surface area contributed by atoms with Crippen LogP contribution in [0.15, 0.2) is 12.7 Å². The number of rotatable bonds is 4. The van der Waals surface area contributed by atoms with Crippen molar-refractivity contribution in [2.24, 2.45) is 5.41 Å². The molecule has 1 saturated carbocycles. The van der Waals surface area contributed by atoms with Gasteiger partial charge in [0.1, 0.15) is 5.60 Å². The van der Waals surface area contributed by atoms with Crippen LogP contribution in [0.1, 0.15) is 40.0 Å². The second-order valence-corrected chi connectivity index (χ2v) is 4.40. The minimum Gasteiger partial charge on any atom is -0.454 e. The molecular weight excluding hydrogens is 164 g/mol. The van der Waals surface area contributed by atoms with Crippen molar-refractivity contribution < 1.29 is 9.53 Å². The van der Waals surface area contributed by atoms with Crippen LogP contribution in [0, 0.1) is 5.41 Å². The van der Waals surface area contributed by atoms with Gasteiger partial charge in [-0.15, -0.1) is 0 Å². The number of hydrogen-bond donors (Lipinski definition) is 0. The third-order valence-corrected chi connectivity index (χ3v) is 2.85. The summed E-state index contributed by atoms with van der Waals surface area (Å²) in [5.41, 5.74) is -0.678. The smallest absolute Gasteiger partial charge is 0.312 e. The summed E-state index contributed by atoms with van der Waals surface area (Å²) in [7, 11) is 0. The average molecular weight is 182 g/mol. The Hall–Kier alpha value is -0.790. The Labute approximate surface area is 80.0 Å². The summed E-state index contributed by atoms with van der Waals surface area (Å²) in [5, 5.41) is 0. The standard InChI is InChI=1S/C11H18O2/c1-5-10(3,4)9(12)13-11(6-2)7-8-11/h6H,2,5,7-8H2,1,3-4H3. The first-order valence-corrected chi connectivity index (χ1v) is 4.83. The van der Waals surface area contributed by atoms with Crippen LogP contribution in [-0.2, 0) is 9.53 Å². The maximum Gasteiger partial charge on any atom is 0.312 e. The van der Waals surface area contributed by atoms with E-state index >= 15 is 0 Å². The molecule has 2 nitrogen and oxygen atoms in total. The molecule has 74 valence electrons. The molecule has 0 aliphatic heterocycles. The Morgan fingerprint density at radius 2 is 2.15 bits per heavy atom. The second kappa shape index (κ2) is 3.17. The van der Waals surface area contributed by atoms with Crippen molar-refractivity contribution in [1.29, 1.82) is 0 Å². The molecular formula is C11H18O2. The maximum atomic E-state index is 11.6. The summed E-state index contributed by atoms with van der Waals surface area (Å²) in [5.74, 6) is -0.104.